The number of aromatic nitrogens is 8. The molecule has 17 nitrogen and oxygen atoms in total. The van der Waals surface area contributed by atoms with Crippen molar-refractivity contribution in [2.24, 2.45) is 0 Å². The molecule has 16 heterocycles. The van der Waals surface area contributed by atoms with E-state index in [2.05, 4.69) is 57.3 Å². The van der Waals surface area contributed by atoms with Gasteiger partial charge in [-0.25, -0.2) is 36.6 Å². The third-order valence-corrected chi connectivity index (χ3v) is 16.2. The molecule has 4 bridgehead atoms. The van der Waals surface area contributed by atoms with Gasteiger partial charge in [0.05, 0.1) is 71.4 Å². The van der Waals surface area contributed by atoms with E-state index in [1.807, 2.05) is 36.4 Å². The van der Waals surface area contributed by atoms with Crippen molar-refractivity contribution >= 4 is 40.3 Å². The smallest absolute Gasteiger partial charge is 0.364 e. The van der Waals surface area contributed by atoms with Crippen molar-refractivity contribution in [1.82, 2.24) is 49.4 Å². The third-order valence-electron chi connectivity index (χ3n) is 16.2. The molecule has 8 saturated heterocycles. The molecule has 8 fully saturated rings. The van der Waals surface area contributed by atoms with Gasteiger partial charge in [-0.3, -0.25) is 19.7 Å². The number of halogens is 10. The average Bonchev–Trinajstić information content (AvgIpc) is 2.89. The van der Waals surface area contributed by atoms with E-state index in [9.17, 15) is 59.2 Å². The van der Waals surface area contributed by atoms with E-state index in [1.165, 1.54) is 31.1 Å². The third kappa shape index (κ3) is 11.7. The number of fused-ring (bicyclic) bond motifs is 6. The monoisotopic (exact) mass is 1180 g/mol. The van der Waals surface area contributed by atoms with E-state index in [4.69, 9.17) is 4.98 Å². The van der Waals surface area contributed by atoms with Crippen LogP contribution in [0.5, 0.6) is 0 Å². The fraction of sp³-hybridized carbons (Fsp3) is 0.362. The Morgan fingerprint density at radius 1 is 0.588 bits per heavy atom. The number of pyridine rings is 6. The molecule has 85 heavy (non-hydrogen) atoms. The first-order chi connectivity index (χ1) is 40.6. The molecule has 4 unspecified atom stereocenters. The van der Waals surface area contributed by atoms with Gasteiger partial charge in [0, 0.05) is 135 Å². The summed E-state index contributed by atoms with van der Waals surface area (Å²) in [5.74, 6) is -3.71. The van der Waals surface area contributed by atoms with Gasteiger partial charge in [-0.2, -0.15) is 47.1 Å². The van der Waals surface area contributed by atoms with Crippen molar-refractivity contribution in [3.05, 3.63) is 144 Å². The van der Waals surface area contributed by atoms with Crippen LogP contribution in [0.25, 0.3) is 33.3 Å². The molecule has 0 aliphatic carbocycles. The normalized spacial score (nSPS) is 21.3. The largest absolute Gasteiger partial charge is 0.433 e. The minimum atomic E-state index is -4.45. The predicted molar refractivity (Wildman–Crippen MR) is 291 cm³/mol. The number of carbonyl (C=O) groups is 1. The Kier molecular flexibility index (Phi) is 14.6. The molecule has 0 saturated carbocycles. The van der Waals surface area contributed by atoms with Crippen LogP contribution in [0.3, 0.4) is 0 Å². The fourth-order valence-corrected chi connectivity index (χ4v) is 11.9. The van der Waals surface area contributed by atoms with E-state index >= 15 is 0 Å². The number of hydrogen-bond acceptors (Lipinski definition) is 15. The number of piperidine rings is 2. The van der Waals surface area contributed by atoms with E-state index in [0.717, 1.165) is 90.9 Å². The Bertz CT molecular complexity index is 3830. The van der Waals surface area contributed by atoms with Crippen LogP contribution in [0, 0.1) is 22.7 Å². The predicted octanol–water partition coefficient (Wildman–Crippen LogP) is 9.57. The van der Waals surface area contributed by atoms with Gasteiger partial charge in [0.15, 0.2) is 6.29 Å². The molecule has 8 aromatic rings. The van der Waals surface area contributed by atoms with E-state index in [0.29, 0.717) is 64.0 Å². The Balaban J connectivity index is 0.000000144. The van der Waals surface area contributed by atoms with Crippen LogP contribution in [-0.4, -0.2) is 139 Å². The Morgan fingerprint density at radius 2 is 1.07 bits per heavy atom. The molecule has 16 rings (SSSR count). The summed E-state index contributed by atoms with van der Waals surface area (Å²) in [5.41, 5.74) is 5.37. The van der Waals surface area contributed by atoms with Crippen molar-refractivity contribution in [2.75, 3.05) is 72.0 Å². The lowest BCUT2D eigenvalue weighted by Crippen LogP contribution is -2.68. The van der Waals surface area contributed by atoms with Gasteiger partial charge in [-0.1, -0.05) is 6.07 Å². The number of alkyl halides is 10. The molecule has 27 heteroatoms. The van der Waals surface area contributed by atoms with Crippen LogP contribution in [0.15, 0.2) is 110 Å². The molecule has 0 spiro atoms. The molecule has 0 radical (unpaired) electrons. The zero-order valence-corrected chi connectivity index (χ0v) is 44.9. The number of carbonyl (C=O) groups excluding carboxylic acids is 1. The molecule has 4 atom stereocenters. The molecule has 438 valence electrons. The van der Waals surface area contributed by atoms with Crippen molar-refractivity contribution in [1.29, 1.82) is 10.5 Å². The first kappa shape index (κ1) is 56.5. The molecule has 8 aliphatic rings. The van der Waals surface area contributed by atoms with Crippen LogP contribution < -0.4 is 24.9 Å². The summed E-state index contributed by atoms with van der Waals surface area (Å²) in [7, 11) is 0. The number of nitriles is 2. The zero-order chi connectivity index (χ0) is 59.6. The van der Waals surface area contributed by atoms with Gasteiger partial charge in [-0.05, 0) is 73.0 Å². The molecule has 0 aromatic carbocycles. The highest BCUT2D eigenvalue weighted by Gasteiger charge is 2.45. The molecule has 1 N–H and O–H groups in total. The van der Waals surface area contributed by atoms with Crippen LogP contribution in [0.1, 0.15) is 64.1 Å². The summed E-state index contributed by atoms with van der Waals surface area (Å²) in [6.45, 7) is 3.75. The van der Waals surface area contributed by atoms with E-state index in [1.54, 1.807) is 43.6 Å². The number of piperazine rings is 2. The van der Waals surface area contributed by atoms with Crippen molar-refractivity contribution in [3.63, 3.8) is 0 Å². The lowest BCUT2D eigenvalue weighted by atomic mass is 9.87. The molecule has 8 aliphatic heterocycles. The Morgan fingerprint density at radius 3 is 1.46 bits per heavy atom. The molecular formula is C58H50F10N16O. The second-order valence-corrected chi connectivity index (χ2v) is 22.0. The van der Waals surface area contributed by atoms with Gasteiger partial charge in [-0.15, -0.1) is 0 Å². The summed E-state index contributed by atoms with van der Waals surface area (Å²) in [5, 5.41) is 31.3. The topological polar surface area (TPSA) is 179 Å². The average molecular weight is 1180 g/mol. The fourth-order valence-electron chi connectivity index (χ4n) is 11.9. The van der Waals surface area contributed by atoms with Crippen LogP contribution >= 0.6 is 0 Å². The van der Waals surface area contributed by atoms with E-state index < -0.39 is 35.6 Å². The first-order valence-electron chi connectivity index (χ1n) is 27.1. The maximum atomic E-state index is 14.0. The summed E-state index contributed by atoms with van der Waals surface area (Å²) in [6.07, 6.45) is 5.50. The Labute approximate surface area is 478 Å². The van der Waals surface area contributed by atoms with Crippen LogP contribution in [-0.2, 0) is 18.9 Å². The summed E-state index contributed by atoms with van der Waals surface area (Å²) >= 11 is 0. The molecule has 8 aromatic heterocycles. The minimum absolute atomic E-state index is 0.128. The number of rotatable bonds is 9. The second kappa shape index (κ2) is 21.9. The van der Waals surface area contributed by atoms with Gasteiger partial charge < -0.3 is 24.9 Å². The van der Waals surface area contributed by atoms with E-state index in [-0.39, 0.29) is 56.7 Å². The number of nitrogens with zero attached hydrogens (tertiary/aromatic N) is 15. The standard InChI is InChI=1S/C29H25F5N8.C22H21F2N7.C7H4F3NO/c30-28(31)5-6-39(17-28)21-8-24(27-20(9-35)12-38-42(27)16-21)19-2-4-26(37-11-19)40-14-22-7-23(15-40)41(22)13-18-1-3-25(36-10-18)29(32,33)34;23-22(24)3-4-29(13-22)18-6-19(21-15(7-25)9-27-31(21)12-18)14-1-2-20(26-8-14)30-10-16-5-17(11-30)28-16;8-7(9,10)6-2-1-5(4-12)3-11-6/h1-4,8,10-12,16,22-23H,5-7,13-15,17H2;1-2,6,8-9,12,16-17,28H,3-5,10-11,13H2;1-4H. The lowest BCUT2D eigenvalue weighted by Gasteiger charge is -2.56. The number of aldehydes is 1. The van der Waals surface area contributed by atoms with Gasteiger partial charge in [0.1, 0.15) is 35.2 Å². The van der Waals surface area contributed by atoms with Crippen molar-refractivity contribution in [3.8, 4) is 34.4 Å². The van der Waals surface area contributed by atoms with Crippen molar-refractivity contribution in [2.45, 2.75) is 80.6 Å². The molecular weight excluding hydrogens is 1130 g/mol. The summed E-state index contributed by atoms with van der Waals surface area (Å²) in [4.78, 5) is 36.2. The number of anilines is 4. The quantitative estimate of drug-likeness (QED) is 0.107. The highest BCUT2D eigenvalue weighted by atomic mass is 19.4. The van der Waals surface area contributed by atoms with Crippen LogP contribution in [0.4, 0.5) is 66.9 Å². The second-order valence-electron chi connectivity index (χ2n) is 22.0. The first-order valence-corrected chi connectivity index (χ1v) is 27.1. The SMILES string of the molecule is N#Cc1cnn2cc(N3CCC(F)(F)C3)cc(-c3ccc(N4CC5CC(C4)N5)nc3)c12.N#Cc1cnn2cc(N3CCC(F)(F)C3)cc(-c3ccc(N4CC5CC(C4)N5Cc4ccc(C(F)(F)F)nc4)nc3)c12.O=Cc1ccc(C(F)(F)F)nc1. The highest BCUT2D eigenvalue weighted by Crippen LogP contribution is 2.40. The minimum Gasteiger partial charge on any atom is -0.364 e. The lowest BCUT2D eigenvalue weighted by molar-refractivity contribution is -0.142. The van der Waals surface area contributed by atoms with Gasteiger partial charge >= 0.3 is 12.4 Å². The van der Waals surface area contributed by atoms with Gasteiger partial charge in [0.25, 0.3) is 11.8 Å². The number of hydrogen-bond donors (Lipinski definition) is 1. The maximum absolute atomic E-state index is 14.0. The molecule has 0 amide bonds. The number of nitrogens with one attached hydrogen (secondary N) is 1. The highest BCUT2D eigenvalue weighted by molar-refractivity contribution is 5.88. The maximum Gasteiger partial charge on any atom is 0.433 e. The summed E-state index contributed by atoms with van der Waals surface area (Å²) < 4.78 is 133. The van der Waals surface area contributed by atoms with Crippen molar-refractivity contribution < 1.29 is 48.7 Å². The summed E-state index contributed by atoms with van der Waals surface area (Å²) in [6, 6.07) is 21.8. The zero-order valence-electron chi connectivity index (χ0n) is 44.9. The van der Waals surface area contributed by atoms with Gasteiger partial charge in [0.2, 0.25) is 0 Å². The Hall–Kier alpha value is -8.95. The van der Waals surface area contributed by atoms with Crippen LogP contribution in [0.2, 0.25) is 0 Å².